The Hall–Kier alpha value is -1.42. The van der Waals surface area contributed by atoms with Gasteiger partial charge >= 0.3 is 0 Å². The normalized spacial score (nSPS) is 25.1. The molecule has 2 rings (SSSR count). The number of amides is 1. The molecule has 2 atom stereocenters. The van der Waals surface area contributed by atoms with E-state index in [1.165, 1.54) is 0 Å². The van der Waals surface area contributed by atoms with Crippen molar-refractivity contribution in [3.8, 4) is 0 Å². The van der Waals surface area contributed by atoms with Crippen molar-refractivity contribution >= 4 is 5.91 Å². The molecule has 17 heavy (non-hydrogen) atoms. The molecule has 1 aliphatic rings. The molecule has 1 amide bonds. The Morgan fingerprint density at radius 2 is 2.35 bits per heavy atom. The minimum absolute atomic E-state index is 0.00542. The summed E-state index contributed by atoms with van der Waals surface area (Å²) in [6.45, 7) is 2.83. The Balaban J connectivity index is 2.28. The second-order valence-electron chi connectivity index (χ2n) is 4.49. The van der Waals surface area contributed by atoms with Gasteiger partial charge in [0.25, 0.3) is 0 Å². The summed E-state index contributed by atoms with van der Waals surface area (Å²) in [4.78, 5) is 18.2. The Labute approximate surface area is 102 Å². The van der Waals surface area contributed by atoms with Crippen molar-refractivity contribution in [1.29, 1.82) is 0 Å². The number of aromatic nitrogens is 1. The van der Waals surface area contributed by atoms with E-state index in [1.54, 1.807) is 6.20 Å². The number of hydrogen-bond donors (Lipinski definition) is 1. The molecule has 2 heterocycles. The molecule has 92 valence electrons. The van der Waals surface area contributed by atoms with E-state index in [0.717, 1.165) is 25.1 Å². The van der Waals surface area contributed by atoms with Gasteiger partial charge in [-0.1, -0.05) is 13.0 Å². The van der Waals surface area contributed by atoms with Crippen molar-refractivity contribution in [1.82, 2.24) is 9.88 Å². The third kappa shape index (κ3) is 2.47. The number of pyridine rings is 1. The first-order valence-electron chi connectivity index (χ1n) is 6.20. The average Bonchev–Trinajstić information content (AvgIpc) is 2.35. The topological polar surface area (TPSA) is 59.2 Å². The highest BCUT2D eigenvalue weighted by molar-refractivity contribution is 5.77. The van der Waals surface area contributed by atoms with Crippen molar-refractivity contribution in [3.05, 3.63) is 30.1 Å². The average molecular weight is 233 g/mol. The second-order valence-corrected chi connectivity index (χ2v) is 4.49. The fourth-order valence-electron chi connectivity index (χ4n) is 2.41. The number of nitrogens with two attached hydrogens (primary N) is 1. The summed E-state index contributed by atoms with van der Waals surface area (Å²) in [5.41, 5.74) is 7.06. The zero-order valence-corrected chi connectivity index (χ0v) is 10.2. The van der Waals surface area contributed by atoms with Gasteiger partial charge in [-0.15, -0.1) is 0 Å². The minimum Gasteiger partial charge on any atom is -0.333 e. The summed E-state index contributed by atoms with van der Waals surface area (Å²) < 4.78 is 0. The van der Waals surface area contributed by atoms with Gasteiger partial charge in [-0.3, -0.25) is 9.78 Å². The summed E-state index contributed by atoms with van der Waals surface area (Å²) >= 11 is 0. The SMILES string of the molecule is CCCN1C(=O)CCC(N)C1c1ccccn1. The van der Waals surface area contributed by atoms with Crippen LogP contribution < -0.4 is 5.73 Å². The van der Waals surface area contributed by atoms with Crippen LogP contribution in [0.3, 0.4) is 0 Å². The number of piperidine rings is 1. The second kappa shape index (κ2) is 5.27. The van der Waals surface area contributed by atoms with Crippen molar-refractivity contribution < 1.29 is 4.79 Å². The van der Waals surface area contributed by atoms with Crippen LogP contribution >= 0.6 is 0 Å². The molecule has 0 spiro atoms. The lowest BCUT2D eigenvalue weighted by atomic mass is 9.93. The van der Waals surface area contributed by atoms with Crippen LogP contribution in [0.4, 0.5) is 0 Å². The minimum atomic E-state index is -0.0580. The zero-order chi connectivity index (χ0) is 12.3. The van der Waals surface area contributed by atoms with E-state index < -0.39 is 0 Å². The third-order valence-corrected chi connectivity index (χ3v) is 3.21. The Bertz CT molecular complexity index is 380. The first-order chi connectivity index (χ1) is 8.24. The molecule has 1 aliphatic heterocycles. The highest BCUT2D eigenvalue weighted by Gasteiger charge is 2.34. The smallest absolute Gasteiger partial charge is 0.223 e. The van der Waals surface area contributed by atoms with Gasteiger partial charge in [0.1, 0.15) is 0 Å². The molecule has 0 saturated carbocycles. The molecule has 0 bridgehead atoms. The molecule has 0 aromatic carbocycles. The quantitative estimate of drug-likeness (QED) is 0.860. The lowest BCUT2D eigenvalue weighted by molar-refractivity contribution is -0.137. The van der Waals surface area contributed by atoms with Gasteiger partial charge < -0.3 is 10.6 Å². The molecule has 0 radical (unpaired) electrons. The zero-order valence-electron chi connectivity index (χ0n) is 10.2. The third-order valence-electron chi connectivity index (χ3n) is 3.21. The van der Waals surface area contributed by atoms with Crippen molar-refractivity contribution in [2.45, 2.75) is 38.3 Å². The van der Waals surface area contributed by atoms with Gasteiger partial charge in [0, 0.05) is 25.2 Å². The summed E-state index contributed by atoms with van der Waals surface area (Å²) in [6.07, 6.45) is 4.01. The first kappa shape index (κ1) is 12.0. The van der Waals surface area contributed by atoms with Crippen molar-refractivity contribution in [2.24, 2.45) is 5.73 Å². The molecule has 1 aromatic rings. The van der Waals surface area contributed by atoms with Gasteiger partial charge in [-0.25, -0.2) is 0 Å². The van der Waals surface area contributed by atoms with E-state index in [0.29, 0.717) is 6.42 Å². The summed E-state index contributed by atoms with van der Waals surface area (Å²) in [5.74, 6) is 0.198. The molecule has 2 unspecified atom stereocenters. The van der Waals surface area contributed by atoms with Crippen LogP contribution in [0.2, 0.25) is 0 Å². The van der Waals surface area contributed by atoms with Crippen LogP contribution in [0, 0.1) is 0 Å². The predicted octanol–water partition coefficient (Wildman–Crippen LogP) is 1.48. The van der Waals surface area contributed by atoms with E-state index >= 15 is 0 Å². The van der Waals surface area contributed by atoms with Crippen LogP contribution in [0.25, 0.3) is 0 Å². The Morgan fingerprint density at radius 1 is 1.53 bits per heavy atom. The van der Waals surface area contributed by atoms with E-state index in [1.807, 2.05) is 23.1 Å². The van der Waals surface area contributed by atoms with Gasteiger partial charge in [-0.2, -0.15) is 0 Å². The summed E-state index contributed by atoms with van der Waals surface area (Å²) in [6, 6.07) is 5.71. The largest absolute Gasteiger partial charge is 0.333 e. The van der Waals surface area contributed by atoms with E-state index in [4.69, 9.17) is 5.73 Å². The standard InChI is InChI=1S/C13H19N3O/c1-2-9-16-12(17)7-6-10(14)13(16)11-5-3-4-8-15-11/h3-5,8,10,13H,2,6-7,9,14H2,1H3. The van der Waals surface area contributed by atoms with Crippen LogP contribution in [0.5, 0.6) is 0 Å². The fourth-order valence-corrected chi connectivity index (χ4v) is 2.41. The Kier molecular flexibility index (Phi) is 3.74. The van der Waals surface area contributed by atoms with Gasteiger partial charge in [0.2, 0.25) is 5.91 Å². The van der Waals surface area contributed by atoms with Gasteiger partial charge in [0.15, 0.2) is 0 Å². The lowest BCUT2D eigenvalue weighted by Gasteiger charge is -2.39. The number of carbonyl (C=O) groups excluding carboxylic acids is 1. The van der Waals surface area contributed by atoms with E-state index in [-0.39, 0.29) is 18.0 Å². The summed E-state index contributed by atoms with van der Waals surface area (Å²) in [5, 5.41) is 0. The molecule has 4 nitrogen and oxygen atoms in total. The molecule has 4 heteroatoms. The van der Waals surface area contributed by atoms with Gasteiger partial charge in [0.05, 0.1) is 11.7 Å². The number of likely N-dealkylation sites (tertiary alicyclic amines) is 1. The van der Waals surface area contributed by atoms with E-state index in [9.17, 15) is 4.79 Å². The van der Waals surface area contributed by atoms with Crippen LogP contribution in [0.1, 0.15) is 37.9 Å². The summed E-state index contributed by atoms with van der Waals surface area (Å²) in [7, 11) is 0. The highest BCUT2D eigenvalue weighted by atomic mass is 16.2. The van der Waals surface area contributed by atoms with Crippen LogP contribution in [0.15, 0.2) is 24.4 Å². The first-order valence-corrected chi connectivity index (χ1v) is 6.20. The van der Waals surface area contributed by atoms with Crippen molar-refractivity contribution in [3.63, 3.8) is 0 Å². The van der Waals surface area contributed by atoms with Crippen LogP contribution in [-0.4, -0.2) is 28.4 Å². The van der Waals surface area contributed by atoms with E-state index in [2.05, 4.69) is 11.9 Å². The molecule has 0 aliphatic carbocycles. The Morgan fingerprint density at radius 3 is 3.00 bits per heavy atom. The maximum atomic E-state index is 12.0. The fraction of sp³-hybridized carbons (Fsp3) is 0.538. The monoisotopic (exact) mass is 233 g/mol. The maximum absolute atomic E-state index is 12.0. The molecule has 1 aromatic heterocycles. The molecular weight excluding hydrogens is 214 g/mol. The molecule has 1 fully saturated rings. The lowest BCUT2D eigenvalue weighted by Crippen LogP contribution is -2.49. The van der Waals surface area contributed by atoms with Crippen LogP contribution in [-0.2, 0) is 4.79 Å². The number of rotatable bonds is 3. The number of hydrogen-bond acceptors (Lipinski definition) is 3. The number of nitrogens with zero attached hydrogens (tertiary/aromatic N) is 2. The predicted molar refractivity (Wildman–Crippen MR) is 66.2 cm³/mol. The molecule has 2 N–H and O–H groups in total. The molecular formula is C13H19N3O. The number of carbonyl (C=O) groups is 1. The maximum Gasteiger partial charge on any atom is 0.223 e. The molecule has 1 saturated heterocycles. The van der Waals surface area contributed by atoms with Crippen molar-refractivity contribution in [2.75, 3.05) is 6.54 Å². The van der Waals surface area contributed by atoms with Gasteiger partial charge in [-0.05, 0) is 25.0 Å². The highest BCUT2D eigenvalue weighted by Crippen LogP contribution is 2.29.